The highest BCUT2D eigenvalue weighted by Crippen LogP contribution is 2.38. The van der Waals surface area contributed by atoms with E-state index < -0.39 is 0 Å². The minimum Gasteiger partial charge on any atom is -0.494 e. The Labute approximate surface area is 151 Å². The average molecular weight is 367 g/mol. The lowest BCUT2D eigenvalue weighted by atomic mass is 9.95. The maximum atomic E-state index is 12.5. The van der Waals surface area contributed by atoms with Crippen molar-refractivity contribution < 1.29 is 9.53 Å². The lowest BCUT2D eigenvalue weighted by Gasteiger charge is -2.22. The highest BCUT2D eigenvalue weighted by Gasteiger charge is 2.19. The van der Waals surface area contributed by atoms with Crippen LogP contribution in [-0.2, 0) is 0 Å². The molecule has 1 aromatic heterocycles. The van der Waals surface area contributed by atoms with Crippen molar-refractivity contribution in [3.63, 3.8) is 0 Å². The molecule has 0 bridgehead atoms. The van der Waals surface area contributed by atoms with E-state index in [-0.39, 0.29) is 5.91 Å². The summed E-state index contributed by atoms with van der Waals surface area (Å²) >= 11 is 7.45. The summed E-state index contributed by atoms with van der Waals surface area (Å²) < 4.78 is 6.41. The van der Waals surface area contributed by atoms with E-state index in [0.717, 1.165) is 16.6 Å². The van der Waals surface area contributed by atoms with Gasteiger partial charge >= 0.3 is 0 Å². The third kappa shape index (κ3) is 4.02. The Hall–Kier alpha value is -1.30. The lowest BCUT2D eigenvalue weighted by Crippen LogP contribution is -2.37. The van der Waals surface area contributed by atoms with E-state index in [1.807, 2.05) is 18.2 Å². The van der Waals surface area contributed by atoms with E-state index in [2.05, 4.69) is 10.6 Å². The van der Waals surface area contributed by atoms with E-state index in [9.17, 15) is 4.79 Å². The van der Waals surface area contributed by atoms with Gasteiger partial charge in [-0.05, 0) is 31.0 Å². The summed E-state index contributed by atoms with van der Waals surface area (Å²) in [6, 6.07) is 6.19. The van der Waals surface area contributed by atoms with Crippen LogP contribution in [0.25, 0.3) is 10.1 Å². The number of benzene rings is 1. The third-order valence-corrected chi connectivity index (χ3v) is 5.83. The molecule has 1 aliphatic carbocycles. The molecule has 1 aromatic carbocycles. The molecule has 6 heteroatoms. The number of rotatable bonds is 6. The first kappa shape index (κ1) is 17.5. The van der Waals surface area contributed by atoms with Gasteiger partial charge < -0.3 is 15.4 Å². The van der Waals surface area contributed by atoms with Gasteiger partial charge in [-0.3, -0.25) is 4.79 Å². The second kappa shape index (κ2) is 8.19. The molecule has 4 nitrogen and oxygen atoms in total. The molecule has 0 spiro atoms. The lowest BCUT2D eigenvalue weighted by molar-refractivity contribution is 0.0955. The van der Waals surface area contributed by atoms with E-state index in [0.29, 0.717) is 28.2 Å². The molecule has 1 saturated carbocycles. The fourth-order valence-corrected chi connectivity index (χ4v) is 4.60. The van der Waals surface area contributed by atoms with Gasteiger partial charge in [-0.15, -0.1) is 11.3 Å². The minimum atomic E-state index is -0.0883. The molecule has 0 atom stereocenters. The predicted octanol–water partition coefficient (Wildman–Crippen LogP) is 4.22. The molecule has 2 N–H and O–H groups in total. The summed E-state index contributed by atoms with van der Waals surface area (Å²) in [6.07, 6.45) is 6.47. The number of thiophene rings is 1. The van der Waals surface area contributed by atoms with E-state index in [4.69, 9.17) is 16.3 Å². The average Bonchev–Trinajstić information content (AvgIpc) is 2.97. The van der Waals surface area contributed by atoms with Crippen LogP contribution < -0.4 is 15.4 Å². The molecule has 24 heavy (non-hydrogen) atoms. The number of fused-ring (bicyclic) bond motifs is 1. The summed E-state index contributed by atoms with van der Waals surface area (Å²) in [7, 11) is 1.59. The van der Waals surface area contributed by atoms with Gasteiger partial charge in [0, 0.05) is 34.2 Å². The monoisotopic (exact) mass is 366 g/mol. The Morgan fingerprint density at radius 1 is 1.29 bits per heavy atom. The Morgan fingerprint density at radius 3 is 2.83 bits per heavy atom. The molecule has 3 rings (SSSR count). The molecule has 1 aliphatic rings. The maximum absolute atomic E-state index is 12.5. The largest absolute Gasteiger partial charge is 0.494 e. The number of hydrogen-bond donors (Lipinski definition) is 2. The zero-order chi connectivity index (χ0) is 16.9. The van der Waals surface area contributed by atoms with Crippen LogP contribution in [0.2, 0.25) is 5.02 Å². The summed E-state index contributed by atoms with van der Waals surface area (Å²) in [5.41, 5.74) is 0. The van der Waals surface area contributed by atoms with Crippen LogP contribution in [-0.4, -0.2) is 32.1 Å². The summed E-state index contributed by atoms with van der Waals surface area (Å²) in [5.74, 6) is 0.541. The van der Waals surface area contributed by atoms with Crippen LogP contribution in [0.4, 0.5) is 0 Å². The van der Waals surface area contributed by atoms with Crippen LogP contribution >= 0.6 is 22.9 Å². The van der Waals surface area contributed by atoms with Crippen molar-refractivity contribution in [3.05, 3.63) is 28.1 Å². The molecule has 0 saturated heterocycles. The summed E-state index contributed by atoms with van der Waals surface area (Å²) in [5, 5.41) is 8.11. The van der Waals surface area contributed by atoms with Crippen molar-refractivity contribution in [2.75, 3.05) is 20.2 Å². The first-order valence-corrected chi connectivity index (χ1v) is 9.66. The van der Waals surface area contributed by atoms with Gasteiger partial charge in [0.15, 0.2) is 0 Å². The van der Waals surface area contributed by atoms with Gasteiger partial charge in [-0.1, -0.05) is 30.9 Å². The van der Waals surface area contributed by atoms with E-state index in [1.165, 1.54) is 43.4 Å². The number of amides is 1. The Balaban J connectivity index is 1.59. The standard InChI is InChI=1S/C18H23ClN2O2S/c1-23-16-14-8-7-12(19)11-15(14)24-17(16)18(22)21-10-9-20-13-5-3-2-4-6-13/h7-8,11,13,20H,2-6,9-10H2,1H3,(H,21,22). The minimum absolute atomic E-state index is 0.0883. The van der Waals surface area contributed by atoms with Gasteiger partial charge in [0.2, 0.25) is 0 Å². The number of hydrogen-bond acceptors (Lipinski definition) is 4. The zero-order valence-corrected chi connectivity index (χ0v) is 15.4. The SMILES string of the molecule is COc1c(C(=O)NCCNC2CCCCC2)sc2cc(Cl)ccc12. The first-order chi connectivity index (χ1) is 11.7. The van der Waals surface area contributed by atoms with Gasteiger partial charge in [0.1, 0.15) is 10.6 Å². The molecule has 1 fully saturated rings. The van der Waals surface area contributed by atoms with Crippen molar-refractivity contribution >= 4 is 38.9 Å². The van der Waals surface area contributed by atoms with Gasteiger partial charge in [-0.2, -0.15) is 0 Å². The maximum Gasteiger partial charge on any atom is 0.265 e. The summed E-state index contributed by atoms with van der Waals surface area (Å²) in [4.78, 5) is 13.1. The topological polar surface area (TPSA) is 50.4 Å². The van der Waals surface area contributed by atoms with E-state index >= 15 is 0 Å². The molecule has 0 aliphatic heterocycles. The van der Waals surface area contributed by atoms with Crippen molar-refractivity contribution in [2.45, 2.75) is 38.1 Å². The quantitative estimate of drug-likeness (QED) is 0.753. The van der Waals surface area contributed by atoms with Crippen LogP contribution in [0.5, 0.6) is 5.75 Å². The number of methoxy groups -OCH3 is 1. The highest BCUT2D eigenvalue weighted by molar-refractivity contribution is 7.21. The zero-order valence-electron chi connectivity index (χ0n) is 13.9. The van der Waals surface area contributed by atoms with Crippen molar-refractivity contribution in [3.8, 4) is 5.75 Å². The van der Waals surface area contributed by atoms with Gasteiger partial charge in [-0.25, -0.2) is 0 Å². The third-order valence-electron chi connectivity index (χ3n) is 4.47. The molecule has 0 unspecified atom stereocenters. The van der Waals surface area contributed by atoms with Crippen LogP contribution in [0.3, 0.4) is 0 Å². The molecule has 2 aromatic rings. The van der Waals surface area contributed by atoms with E-state index in [1.54, 1.807) is 7.11 Å². The molecule has 1 amide bonds. The highest BCUT2D eigenvalue weighted by atomic mass is 35.5. The normalized spacial score (nSPS) is 15.6. The first-order valence-electron chi connectivity index (χ1n) is 8.46. The molecule has 0 radical (unpaired) electrons. The predicted molar refractivity (Wildman–Crippen MR) is 101 cm³/mol. The molecular formula is C18H23ClN2O2S. The number of carbonyl (C=O) groups excluding carboxylic acids is 1. The van der Waals surface area contributed by atoms with Crippen molar-refractivity contribution in [2.24, 2.45) is 0 Å². The van der Waals surface area contributed by atoms with Gasteiger partial charge in [0.25, 0.3) is 5.91 Å². The smallest absolute Gasteiger partial charge is 0.265 e. The Morgan fingerprint density at radius 2 is 2.08 bits per heavy atom. The molecule has 130 valence electrons. The number of nitrogens with one attached hydrogen (secondary N) is 2. The fourth-order valence-electron chi connectivity index (χ4n) is 3.24. The Bertz CT molecular complexity index is 710. The fraction of sp³-hybridized carbons (Fsp3) is 0.500. The summed E-state index contributed by atoms with van der Waals surface area (Å²) in [6.45, 7) is 1.42. The second-order valence-electron chi connectivity index (χ2n) is 6.15. The van der Waals surface area contributed by atoms with Gasteiger partial charge in [0.05, 0.1) is 7.11 Å². The molecule has 1 heterocycles. The van der Waals surface area contributed by atoms with Crippen LogP contribution in [0.15, 0.2) is 18.2 Å². The number of halogens is 1. The number of carbonyl (C=O) groups is 1. The molecular weight excluding hydrogens is 344 g/mol. The van der Waals surface area contributed by atoms with Crippen molar-refractivity contribution in [1.29, 1.82) is 0 Å². The second-order valence-corrected chi connectivity index (χ2v) is 7.64. The Kier molecular flexibility index (Phi) is 5.98. The van der Waals surface area contributed by atoms with Crippen molar-refractivity contribution in [1.82, 2.24) is 10.6 Å². The number of ether oxygens (including phenoxy) is 1. The van der Waals surface area contributed by atoms with Crippen LogP contribution in [0, 0.1) is 0 Å². The van der Waals surface area contributed by atoms with Crippen LogP contribution in [0.1, 0.15) is 41.8 Å².